The molecule has 1 aromatic heterocycles. The number of aryl methyl sites for hydroxylation is 1. The number of fused-ring (bicyclic) bond motifs is 1. The van der Waals surface area contributed by atoms with E-state index in [0.717, 1.165) is 16.9 Å². The van der Waals surface area contributed by atoms with Gasteiger partial charge in [0.1, 0.15) is 11.7 Å². The molecule has 108 valence electrons. The lowest BCUT2D eigenvalue weighted by Crippen LogP contribution is -2.23. The quantitative estimate of drug-likeness (QED) is 0.853. The van der Waals surface area contributed by atoms with Crippen LogP contribution in [0, 0.1) is 6.92 Å². The lowest BCUT2D eigenvalue weighted by Gasteiger charge is -2.12. The van der Waals surface area contributed by atoms with Gasteiger partial charge in [0, 0.05) is 25.2 Å². The van der Waals surface area contributed by atoms with Crippen LogP contribution in [-0.2, 0) is 16.4 Å². The molecule has 21 heavy (non-hydrogen) atoms. The van der Waals surface area contributed by atoms with E-state index in [1.54, 1.807) is 42.4 Å². The van der Waals surface area contributed by atoms with Crippen LogP contribution in [-0.4, -0.2) is 26.3 Å². The van der Waals surface area contributed by atoms with Crippen molar-refractivity contribution >= 4 is 21.7 Å². The minimum absolute atomic E-state index is 0.206. The Bertz CT molecular complexity index is 811. The fourth-order valence-electron chi connectivity index (χ4n) is 2.28. The van der Waals surface area contributed by atoms with Crippen LogP contribution in [0.1, 0.15) is 11.1 Å². The Morgan fingerprint density at radius 3 is 2.57 bits per heavy atom. The van der Waals surface area contributed by atoms with Gasteiger partial charge in [0.25, 0.3) is 10.0 Å². The van der Waals surface area contributed by atoms with Crippen molar-refractivity contribution in [2.75, 3.05) is 11.9 Å². The zero-order valence-corrected chi connectivity index (χ0v) is 12.6. The van der Waals surface area contributed by atoms with Gasteiger partial charge < -0.3 is 4.90 Å². The summed E-state index contributed by atoms with van der Waals surface area (Å²) in [6, 6.07) is 10.5. The largest absolute Gasteiger partial charge is 0.316 e. The second kappa shape index (κ2) is 4.96. The number of sulfonamides is 1. The molecule has 0 aliphatic carbocycles. The summed E-state index contributed by atoms with van der Waals surface area (Å²) in [5.41, 5.74) is 1.99. The van der Waals surface area contributed by atoms with Crippen molar-refractivity contribution in [3.8, 4) is 0 Å². The summed E-state index contributed by atoms with van der Waals surface area (Å²) >= 11 is 0. The molecule has 1 aliphatic rings. The normalized spacial score (nSPS) is 16.3. The molecule has 1 aromatic carbocycles. The molecular weight excluding hydrogens is 286 g/mol. The predicted octanol–water partition coefficient (Wildman–Crippen LogP) is 2.17. The third-order valence-corrected chi connectivity index (χ3v) is 4.78. The number of benzene rings is 1. The van der Waals surface area contributed by atoms with Crippen LogP contribution in [0.4, 0.5) is 5.82 Å². The molecule has 0 unspecified atom stereocenters. The minimum Gasteiger partial charge on any atom is -0.316 e. The molecule has 5 nitrogen and oxygen atoms in total. The molecule has 0 radical (unpaired) electrons. The van der Waals surface area contributed by atoms with Crippen molar-refractivity contribution in [1.82, 2.24) is 4.98 Å². The summed E-state index contributed by atoms with van der Waals surface area (Å²) in [6.07, 6.45) is 2.16. The van der Waals surface area contributed by atoms with Gasteiger partial charge in [0.2, 0.25) is 0 Å². The maximum atomic E-state index is 12.4. The molecule has 6 heteroatoms. The van der Waals surface area contributed by atoms with Crippen LogP contribution in [0.25, 0.3) is 0 Å². The van der Waals surface area contributed by atoms with Gasteiger partial charge in [0.15, 0.2) is 0 Å². The average molecular weight is 301 g/mol. The zero-order valence-electron chi connectivity index (χ0n) is 11.8. The molecule has 0 amide bonds. The number of amidine groups is 1. The van der Waals surface area contributed by atoms with E-state index in [1.807, 2.05) is 19.1 Å². The van der Waals surface area contributed by atoms with E-state index in [4.69, 9.17) is 0 Å². The van der Waals surface area contributed by atoms with Gasteiger partial charge in [-0.05, 0) is 25.1 Å². The number of hydrogen-bond donors (Lipinski definition) is 0. The third kappa shape index (κ3) is 2.54. The fraction of sp³-hybridized carbons (Fsp3) is 0.200. The summed E-state index contributed by atoms with van der Waals surface area (Å²) in [7, 11) is -1.91. The Kier molecular flexibility index (Phi) is 3.25. The van der Waals surface area contributed by atoms with E-state index in [-0.39, 0.29) is 4.90 Å². The predicted molar refractivity (Wildman–Crippen MR) is 82.1 cm³/mol. The Balaban J connectivity index is 1.98. The third-order valence-electron chi connectivity index (χ3n) is 3.47. The second-order valence-electron chi connectivity index (χ2n) is 5.02. The van der Waals surface area contributed by atoms with Crippen LogP contribution in [0.2, 0.25) is 0 Å². The first kappa shape index (κ1) is 13.8. The first-order chi connectivity index (χ1) is 9.97. The highest BCUT2D eigenvalue weighted by Gasteiger charge is 2.26. The van der Waals surface area contributed by atoms with E-state index in [1.165, 1.54) is 0 Å². The molecule has 0 saturated carbocycles. The van der Waals surface area contributed by atoms with E-state index in [2.05, 4.69) is 9.38 Å². The highest BCUT2D eigenvalue weighted by atomic mass is 32.2. The highest BCUT2D eigenvalue weighted by molar-refractivity contribution is 7.90. The standard InChI is InChI=1S/C15H15N3O2S/c1-11-5-7-13(8-6-11)21(19,20)17-14-10-12-4-3-9-16-15(12)18(14)2/h3-9H,10H2,1-2H3/b17-14+. The van der Waals surface area contributed by atoms with Gasteiger partial charge in [-0.25, -0.2) is 4.98 Å². The van der Waals surface area contributed by atoms with Crippen LogP contribution >= 0.6 is 0 Å². The van der Waals surface area contributed by atoms with Crippen molar-refractivity contribution in [2.45, 2.75) is 18.2 Å². The van der Waals surface area contributed by atoms with Gasteiger partial charge in [0.05, 0.1) is 4.90 Å². The van der Waals surface area contributed by atoms with Crippen molar-refractivity contribution < 1.29 is 8.42 Å². The van der Waals surface area contributed by atoms with Crippen LogP contribution in [0.3, 0.4) is 0 Å². The van der Waals surface area contributed by atoms with E-state index in [0.29, 0.717) is 12.3 Å². The summed E-state index contributed by atoms with van der Waals surface area (Å²) in [5, 5.41) is 0. The van der Waals surface area contributed by atoms with E-state index >= 15 is 0 Å². The number of anilines is 1. The van der Waals surface area contributed by atoms with Crippen molar-refractivity contribution in [3.63, 3.8) is 0 Å². The number of hydrogen-bond acceptors (Lipinski definition) is 3. The van der Waals surface area contributed by atoms with Crippen molar-refractivity contribution in [1.29, 1.82) is 0 Å². The summed E-state index contributed by atoms with van der Waals surface area (Å²) in [6.45, 7) is 1.91. The molecule has 0 fully saturated rings. The van der Waals surface area contributed by atoms with Crippen LogP contribution in [0.15, 0.2) is 51.9 Å². The average Bonchev–Trinajstić information content (AvgIpc) is 2.76. The summed E-state index contributed by atoms with van der Waals surface area (Å²) in [5.74, 6) is 1.25. The number of rotatable bonds is 2. The number of likely N-dealkylation sites (N-methyl/N-ethyl adjacent to an activating group) is 1. The first-order valence-electron chi connectivity index (χ1n) is 6.55. The number of aromatic nitrogens is 1. The molecule has 0 saturated heterocycles. The lowest BCUT2D eigenvalue weighted by molar-refractivity contribution is 0.598. The molecule has 0 bridgehead atoms. The summed E-state index contributed by atoms with van der Waals surface area (Å²) in [4.78, 5) is 6.18. The van der Waals surface area contributed by atoms with Gasteiger partial charge in [-0.2, -0.15) is 8.42 Å². The first-order valence-corrected chi connectivity index (χ1v) is 7.99. The monoisotopic (exact) mass is 301 g/mol. The van der Waals surface area contributed by atoms with E-state index < -0.39 is 10.0 Å². The molecular formula is C15H15N3O2S. The summed E-state index contributed by atoms with van der Waals surface area (Å²) < 4.78 is 28.7. The van der Waals surface area contributed by atoms with Gasteiger partial charge in [-0.15, -0.1) is 4.40 Å². The SMILES string of the molecule is Cc1ccc(S(=O)(=O)/N=C2\Cc3cccnc3N2C)cc1. The topological polar surface area (TPSA) is 62.6 Å². The molecule has 1 aliphatic heterocycles. The maximum Gasteiger partial charge on any atom is 0.283 e. The van der Waals surface area contributed by atoms with Crippen LogP contribution < -0.4 is 4.90 Å². The number of pyridine rings is 1. The highest BCUT2D eigenvalue weighted by Crippen LogP contribution is 2.26. The van der Waals surface area contributed by atoms with Gasteiger partial charge in [-0.1, -0.05) is 23.8 Å². The molecule has 0 spiro atoms. The Morgan fingerprint density at radius 1 is 1.19 bits per heavy atom. The molecule has 2 heterocycles. The smallest absolute Gasteiger partial charge is 0.283 e. The lowest BCUT2D eigenvalue weighted by atomic mass is 10.2. The van der Waals surface area contributed by atoms with Crippen LogP contribution in [0.5, 0.6) is 0 Å². The Labute approximate surface area is 124 Å². The molecule has 3 rings (SSSR count). The molecule has 0 atom stereocenters. The van der Waals surface area contributed by atoms with Crippen molar-refractivity contribution in [3.05, 3.63) is 53.7 Å². The zero-order chi connectivity index (χ0) is 15.0. The fourth-order valence-corrected chi connectivity index (χ4v) is 3.33. The Morgan fingerprint density at radius 2 is 1.90 bits per heavy atom. The second-order valence-corrected chi connectivity index (χ2v) is 6.62. The minimum atomic E-state index is -3.69. The Hall–Kier alpha value is -2.21. The van der Waals surface area contributed by atoms with E-state index in [9.17, 15) is 8.42 Å². The van der Waals surface area contributed by atoms with Gasteiger partial charge >= 0.3 is 0 Å². The molecule has 2 aromatic rings. The maximum absolute atomic E-state index is 12.4. The van der Waals surface area contributed by atoms with Crippen molar-refractivity contribution in [2.24, 2.45) is 4.40 Å². The number of nitrogens with zero attached hydrogens (tertiary/aromatic N) is 3. The molecule has 0 N–H and O–H groups in total. The van der Waals surface area contributed by atoms with Gasteiger partial charge in [-0.3, -0.25) is 0 Å².